The average molecular weight is 349 g/mol. The largest absolute Gasteiger partial charge is 0.496 e. The van der Waals surface area contributed by atoms with Gasteiger partial charge in [0.15, 0.2) is 0 Å². The van der Waals surface area contributed by atoms with Crippen LogP contribution in [0.5, 0.6) is 11.5 Å². The van der Waals surface area contributed by atoms with Crippen LogP contribution >= 0.6 is 22.6 Å². The highest BCUT2D eigenvalue weighted by molar-refractivity contribution is 14.1. The molecule has 0 aliphatic carbocycles. The predicted octanol–water partition coefficient (Wildman–Crippen LogP) is 3.14. The fourth-order valence-electron chi connectivity index (χ4n) is 1.37. The molecule has 4 nitrogen and oxygen atoms in total. The number of benzene rings is 1. The highest BCUT2D eigenvalue weighted by atomic mass is 127. The lowest BCUT2D eigenvalue weighted by Crippen LogP contribution is -2.33. The summed E-state index contributed by atoms with van der Waals surface area (Å²) < 4.78 is 11.3. The molecule has 0 bridgehead atoms. The fourth-order valence-corrected chi connectivity index (χ4v) is 2.06. The van der Waals surface area contributed by atoms with Crippen molar-refractivity contribution < 1.29 is 14.3 Å². The standard InChI is InChI=1S/C12H16INO3/c1-4-14(5-2)12(15)17-10-8-6-7-9(16-3)11(10)13/h6-8H,4-5H2,1-3H3. The van der Waals surface area contributed by atoms with Crippen LogP contribution in [0.1, 0.15) is 13.8 Å². The van der Waals surface area contributed by atoms with E-state index in [4.69, 9.17) is 9.47 Å². The van der Waals surface area contributed by atoms with Gasteiger partial charge in [0.25, 0.3) is 0 Å². The number of methoxy groups -OCH3 is 1. The monoisotopic (exact) mass is 349 g/mol. The highest BCUT2D eigenvalue weighted by Gasteiger charge is 2.15. The molecule has 1 amide bonds. The first kappa shape index (κ1) is 14.1. The third-order valence-corrected chi connectivity index (χ3v) is 3.43. The number of halogens is 1. The molecule has 1 aromatic carbocycles. The summed E-state index contributed by atoms with van der Waals surface area (Å²) in [5.41, 5.74) is 0. The summed E-state index contributed by atoms with van der Waals surface area (Å²) in [7, 11) is 1.59. The summed E-state index contributed by atoms with van der Waals surface area (Å²) in [5.74, 6) is 1.23. The maximum absolute atomic E-state index is 11.8. The van der Waals surface area contributed by atoms with Gasteiger partial charge >= 0.3 is 6.09 Å². The molecule has 0 N–H and O–H groups in total. The number of rotatable bonds is 4. The van der Waals surface area contributed by atoms with Crippen LogP contribution in [-0.4, -0.2) is 31.2 Å². The number of hydrogen-bond donors (Lipinski definition) is 0. The Labute approximate surface area is 115 Å². The lowest BCUT2D eigenvalue weighted by Gasteiger charge is -2.18. The molecule has 0 aliphatic heterocycles. The normalized spacial score (nSPS) is 9.88. The first-order chi connectivity index (χ1) is 8.13. The topological polar surface area (TPSA) is 38.8 Å². The number of amides is 1. The van der Waals surface area contributed by atoms with Crippen molar-refractivity contribution in [2.75, 3.05) is 20.2 Å². The van der Waals surface area contributed by atoms with Gasteiger partial charge in [0.2, 0.25) is 0 Å². The summed E-state index contributed by atoms with van der Waals surface area (Å²) in [6, 6.07) is 5.38. The Morgan fingerprint density at radius 2 is 1.88 bits per heavy atom. The van der Waals surface area contributed by atoms with Crippen LogP contribution in [0, 0.1) is 3.57 Å². The summed E-state index contributed by atoms with van der Waals surface area (Å²) >= 11 is 2.10. The van der Waals surface area contributed by atoms with E-state index in [9.17, 15) is 4.79 Å². The van der Waals surface area contributed by atoms with Gasteiger partial charge in [0.05, 0.1) is 10.7 Å². The lowest BCUT2D eigenvalue weighted by atomic mass is 10.3. The highest BCUT2D eigenvalue weighted by Crippen LogP contribution is 2.30. The molecule has 0 radical (unpaired) electrons. The smallest absolute Gasteiger partial charge is 0.415 e. The molecule has 0 saturated heterocycles. The average Bonchev–Trinajstić information content (AvgIpc) is 2.33. The van der Waals surface area contributed by atoms with Crippen molar-refractivity contribution in [2.24, 2.45) is 0 Å². The maximum atomic E-state index is 11.8. The van der Waals surface area contributed by atoms with Crippen LogP contribution in [0.25, 0.3) is 0 Å². The van der Waals surface area contributed by atoms with Crippen molar-refractivity contribution in [2.45, 2.75) is 13.8 Å². The van der Waals surface area contributed by atoms with E-state index in [0.717, 1.165) is 3.57 Å². The second kappa shape index (κ2) is 6.68. The molecule has 1 aromatic rings. The molecule has 0 saturated carbocycles. The number of carbonyl (C=O) groups is 1. The number of ether oxygens (including phenoxy) is 2. The predicted molar refractivity (Wildman–Crippen MR) is 74.7 cm³/mol. The molecule has 5 heteroatoms. The molecule has 0 atom stereocenters. The number of hydrogen-bond acceptors (Lipinski definition) is 3. The Morgan fingerprint density at radius 3 is 2.41 bits per heavy atom. The molecule has 0 aromatic heterocycles. The van der Waals surface area contributed by atoms with Gasteiger partial charge in [-0.1, -0.05) is 6.07 Å². The van der Waals surface area contributed by atoms with Crippen LogP contribution in [-0.2, 0) is 0 Å². The van der Waals surface area contributed by atoms with Crippen LogP contribution in [0.2, 0.25) is 0 Å². The van der Waals surface area contributed by atoms with Gasteiger partial charge in [-0.3, -0.25) is 0 Å². The quantitative estimate of drug-likeness (QED) is 0.784. The van der Waals surface area contributed by atoms with Gasteiger partial charge in [0.1, 0.15) is 11.5 Å². The van der Waals surface area contributed by atoms with Gasteiger partial charge in [-0.2, -0.15) is 0 Å². The van der Waals surface area contributed by atoms with Crippen molar-refractivity contribution in [3.8, 4) is 11.5 Å². The third-order valence-electron chi connectivity index (χ3n) is 2.37. The zero-order valence-corrected chi connectivity index (χ0v) is 12.4. The Morgan fingerprint density at radius 1 is 1.29 bits per heavy atom. The Bertz CT molecular complexity index is 391. The van der Waals surface area contributed by atoms with Gasteiger partial charge in [-0.25, -0.2) is 4.79 Å². The Hall–Kier alpha value is -0.980. The first-order valence-corrected chi connectivity index (χ1v) is 6.51. The van der Waals surface area contributed by atoms with Crippen LogP contribution in [0.3, 0.4) is 0 Å². The second-order valence-corrected chi connectivity index (χ2v) is 4.39. The maximum Gasteiger partial charge on any atom is 0.415 e. The minimum atomic E-state index is -0.332. The zero-order chi connectivity index (χ0) is 12.8. The van der Waals surface area contributed by atoms with Gasteiger partial charge < -0.3 is 14.4 Å². The lowest BCUT2D eigenvalue weighted by molar-refractivity contribution is 0.157. The van der Waals surface area contributed by atoms with Crippen molar-refractivity contribution in [1.29, 1.82) is 0 Å². The third kappa shape index (κ3) is 3.49. The molecular weight excluding hydrogens is 333 g/mol. The van der Waals surface area contributed by atoms with Gasteiger partial charge in [-0.05, 0) is 48.6 Å². The Balaban J connectivity index is 2.85. The van der Waals surface area contributed by atoms with E-state index >= 15 is 0 Å². The van der Waals surface area contributed by atoms with Crippen molar-refractivity contribution in [3.63, 3.8) is 0 Å². The number of nitrogens with zero attached hydrogens (tertiary/aromatic N) is 1. The van der Waals surface area contributed by atoms with Gasteiger partial charge in [0, 0.05) is 13.1 Å². The molecular formula is C12H16INO3. The summed E-state index contributed by atoms with van der Waals surface area (Å²) in [6.07, 6.45) is -0.332. The molecule has 0 unspecified atom stereocenters. The molecule has 17 heavy (non-hydrogen) atoms. The Kier molecular flexibility index (Phi) is 5.54. The van der Waals surface area contributed by atoms with Gasteiger partial charge in [-0.15, -0.1) is 0 Å². The molecule has 0 aliphatic rings. The molecule has 0 fully saturated rings. The summed E-state index contributed by atoms with van der Waals surface area (Å²) in [4.78, 5) is 13.4. The molecule has 94 valence electrons. The first-order valence-electron chi connectivity index (χ1n) is 5.43. The van der Waals surface area contributed by atoms with E-state index < -0.39 is 0 Å². The van der Waals surface area contributed by atoms with E-state index in [1.807, 2.05) is 19.9 Å². The van der Waals surface area contributed by atoms with E-state index in [0.29, 0.717) is 24.6 Å². The van der Waals surface area contributed by atoms with E-state index in [-0.39, 0.29) is 6.09 Å². The van der Waals surface area contributed by atoms with E-state index in [2.05, 4.69) is 22.6 Å². The summed E-state index contributed by atoms with van der Waals surface area (Å²) in [6.45, 7) is 5.11. The minimum Gasteiger partial charge on any atom is -0.496 e. The second-order valence-electron chi connectivity index (χ2n) is 3.31. The van der Waals surface area contributed by atoms with Crippen LogP contribution in [0.4, 0.5) is 4.79 Å². The van der Waals surface area contributed by atoms with Crippen LogP contribution in [0.15, 0.2) is 18.2 Å². The number of carbonyl (C=O) groups excluding carboxylic acids is 1. The fraction of sp³-hybridized carbons (Fsp3) is 0.417. The van der Waals surface area contributed by atoms with E-state index in [1.54, 1.807) is 24.1 Å². The van der Waals surface area contributed by atoms with Crippen molar-refractivity contribution >= 4 is 28.7 Å². The molecule has 1 rings (SSSR count). The molecule has 0 spiro atoms. The van der Waals surface area contributed by atoms with E-state index in [1.165, 1.54) is 0 Å². The van der Waals surface area contributed by atoms with Crippen molar-refractivity contribution in [3.05, 3.63) is 21.8 Å². The molecule has 0 heterocycles. The van der Waals surface area contributed by atoms with Crippen LogP contribution < -0.4 is 9.47 Å². The van der Waals surface area contributed by atoms with Crippen molar-refractivity contribution in [1.82, 2.24) is 4.90 Å². The SMILES string of the molecule is CCN(CC)C(=O)Oc1cccc(OC)c1I. The minimum absolute atomic E-state index is 0.332. The zero-order valence-electron chi connectivity index (χ0n) is 10.2. The summed E-state index contributed by atoms with van der Waals surface area (Å²) in [5, 5.41) is 0.